The fraction of sp³-hybridized carbons (Fsp3) is 0.273. The molecule has 0 atom stereocenters. The predicted molar refractivity (Wildman–Crippen MR) is 66.3 cm³/mol. The third kappa shape index (κ3) is 1.43. The highest BCUT2D eigenvalue weighted by atomic mass is 79.9. The average molecular weight is 279 g/mol. The van der Waals surface area contributed by atoms with Crippen LogP contribution >= 0.6 is 15.9 Å². The summed E-state index contributed by atoms with van der Waals surface area (Å²) in [7, 11) is 1.96. The van der Waals surface area contributed by atoms with Crippen molar-refractivity contribution >= 4 is 21.7 Å². The number of halogens is 1. The van der Waals surface area contributed by atoms with Crippen LogP contribution in [0.4, 0.5) is 5.82 Å². The van der Waals surface area contributed by atoms with Crippen molar-refractivity contribution in [2.24, 2.45) is 7.05 Å². The molecule has 82 valence electrons. The van der Waals surface area contributed by atoms with Crippen LogP contribution in [0.2, 0.25) is 0 Å². The Balaban J connectivity index is 2.17. The number of rotatable bonds is 1. The first-order chi connectivity index (χ1) is 7.75. The van der Waals surface area contributed by atoms with E-state index in [1.807, 2.05) is 24.0 Å². The van der Waals surface area contributed by atoms with Gasteiger partial charge in [-0.3, -0.25) is 9.67 Å². The van der Waals surface area contributed by atoms with E-state index in [1.165, 1.54) is 5.56 Å². The van der Waals surface area contributed by atoms with Gasteiger partial charge in [0.2, 0.25) is 0 Å². The van der Waals surface area contributed by atoms with Gasteiger partial charge < -0.3 is 5.32 Å². The minimum atomic E-state index is 0.982. The van der Waals surface area contributed by atoms with Crippen molar-refractivity contribution in [3.8, 4) is 11.3 Å². The van der Waals surface area contributed by atoms with Crippen LogP contribution < -0.4 is 5.32 Å². The van der Waals surface area contributed by atoms with E-state index in [0.717, 1.165) is 34.5 Å². The Morgan fingerprint density at radius 1 is 1.44 bits per heavy atom. The van der Waals surface area contributed by atoms with Crippen molar-refractivity contribution in [1.82, 2.24) is 14.8 Å². The number of nitrogens with zero attached hydrogens (tertiary/aromatic N) is 3. The van der Waals surface area contributed by atoms with Crippen molar-refractivity contribution in [3.05, 3.63) is 28.5 Å². The molecule has 2 aromatic rings. The third-order valence-corrected chi connectivity index (χ3v) is 3.22. The Labute approximate surface area is 102 Å². The summed E-state index contributed by atoms with van der Waals surface area (Å²) in [6.07, 6.45) is 4.67. The summed E-state index contributed by atoms with van der Waals surface area (Å²) >= 11 is 3.43. The highest BCUT2D eigenvalue weighted by Gasteiger charge is 2.21. The second kappa shape index (κ2) is 3.59. The van der Waals surface area contributed by atoms with Crippen LogP contribution in [-0.4, -0.2) is 21.3 Å². The van der Waals surface area contributed by atoms with E-state index < -0.39 is 0 Å². The lowest BCUT2D eigenvalue weighted by molar-refractivity contribution is 0.775. The smallest absolute Gasteiger partial charge is 0.127 e. The van der Waals surface area contributed by atoms with Gasteiger partial charge in [-0.2, -0.15) is 5.10 Å². The molecule has 3 heterocycles. The van der Waals surface area contributed by atoms with Crippen molar-refractivity contribution < 1.29 is 0 Å². The van der Waals surface area contributed by atoms with Gasteiger partial charge in [-0.05, 0) is 28.4 Å². The Kier molecular flexibility index (Phi) is 2.21. The summed E-state index contributed by atoms with van der Waals surface area (Å²) in [5.41, 5.74) is 3.40. The van der Waals surface area contributed by atoms with Crippen LogP contribution in [0, 0.1) is 0 Å². The van der Waals surface area contributed by atoms with Gasteiger partial charge >= 0.3 is 0 Å². The second-order valence-electron chi connectivity index (χ2n) is 3.87. The molecular formula is C11H11BrN4. The molecule has 0 saturated heterocycles. The number of pyridine rings is 1. The van der Waals surface area contributed by atoms with Gasteiger partial charge in [-0.1, -0.05) is 0 Å². The van der Waals surface area contributed by atoms with E-state index in [2.05, 4.69) is 31.3 Å². The highest BCUT2D eigenvalue weighted by Crippen LogP contribution is 2.32. The summed E-state index contributed by atoms with van der Waals surface area (Å²) in [6.45, 7) is 0.995. The molecule has 0 spiro atoms. The van der Waals surface area contributed by atoms with Gasteiger partial charge in [-0.25, -0.2) is 0 Å². The van der Waals surface area contributed by atoms with Crippen LogP contribution in [0.5, 0.6) is 0 Å². The average Bonchev–Trinajstić information content (AvgIpc) is 2.83. The Morgan fingerprint density at radius 3 is 3.12 bits per heavy atom. The molecule has 0 bridgehead atoms. The normalized spacial score (nSPS) is 13.6. The maximum atomic E-state index is 4.54. The number of anilines is 1. The van der Waals surface area contributed by atoms with Crippen LogP contribution in [-0.2, 0) is 13.5 Å². The minimum absolute atomic E-state index is 0.982. The molecule has 5 heteroatoms. The van der Waals surface area contributed by atoms with Crippen molar-refractivity contribution in [3.63, 3.8) is 0 Å². The first kappa shape index (κ1) is 9.84. The van der Waals surface area contributed by atoms with Crippen LogP contribution in [0.1, 0.15) is 5.56 Å². The molecule has 0 radical (unpaired) electrons. The van der Waals surface area contributed by atoms with Crippen LogP contribution in [0.3, 0.4) is 0 Å². The molecule has 0 saturated carbocycles. The second-order valence-corrected chi connectivity index (χ2v) is 4.78. The van der Waals surface area contributed by atoms with Crippen molar-refractivity contribution in [1.29, 1.82) is 0 Å². The van der Waals surface area contributed by atoms with Gasteiger partial charge in [0.05, 0.1) is 5.69 Å². The summed E-state index contributed by atoms with van der Waals surface area (Å²) in [5.74, 6) is 1.13. The summed E-state index contributed by atoms with van der Waals surface area (Å²) in [4.78, 5) is 4.18. The quantitative estimate of drug-likeness (QED) is 0.870. The fourth-order valence-corrected chi connectivity index (χ4v) is 2.47. The van der Waals surface area contributed by atoms with Crippen molar-refractivity contribution in [2.45, 2.75) is 6.42 Å². The zero-order valence-corrected chi connectivity index (χ0v) is 10.5. The molecule has 0 unspecified atom stereocenters. The van der Waals surface area contributed by atoms with Gasteiger partial charge in [-0.15, -0.1) is 0 Å². The van der Waals surface area contributed by atoms with E-state index in [0.29, 0.717) is 0 Å². The van der Waals surface area contributed by atoms with Gasteiger partial charge in [0, 0.05) is 41.6 Å². The van der Waals surface area contributed by atoms with E-state index >= 15 is 0 Å². The molecule has 1 aliphatic rings. The zero-order chi connectivity index (χ0) is 11.1. The predicted octanol–water partition coefficient (Wildman–Crippen LogP) is 2.21. The minimum Gasteiger partial charge on any atom is -0.370 e. The number of nitrogens with one attached hydrogen (secondary N) is 1. The van der Waals surface area contributed by atoms with E-state index in [4.69, 9.17) is 0 Å². The molecule has 1 aliphatic heterocycles. The molecule has 0 aromatic carbocycles. The van der Waals surface area contributed by atoms with E-state index in [1.54, 1.807) is 6.20 Å². The lowest BCUT2D eigenvalue weighted by Gasteiger charge is -1.99. The molecule has 3 rings (SSSR count). The standard InChI is InChI=1S/C11H11BrN4/c1-16-11-9(2-3-14-11)10(15-16)7-4-8(12)6-13-5-7/h4-6,14H,2-3H2,1H3. The molecule has 16 heavy (non-hydrogen) atoms. The molecule has 0 aliphatic carbocycles. The zero-order valence-electron chi connectivity index (χ0n) is 8.87. The van der Waals surface area contributed by atoms with Gasteiger partial charge in [0.15, 0.2) is 0 Å². The number of fused-ring (bicyclic) bond motifs is 1. The molecule has 0 amide bonds. The maximum absolute atomic E-state index is 4.54. The molecule has 0 fully saturated rings. The monoisotopic (exact) mass is 278 g/mol. The van der Waals surface area contributed by atoms with Crippen LogP contribution in [0.25, 0.3) is 11.3 Å². The maximum Gasteiger partial charge on any atom is 0.127 e. The number of aromatic nitrogens is 3. The molecule has 1 N–H and O–H groups in total. The van der Waals surface area contributed by atoms with Gasteiger partial charge in [0.25, 0.3) is 0 Å². The topological polar surface area (TPSA) is 42.7 Å². The Hall–Kier alpha value is -1.36. The molecule has 4 nitrogen and oxygen atoms in total. The highest BCUT2D eigenvalue weighted by molar-refractivity contribution is 9.10. The lowest BCUT2D eigenvalue weighted by Crippen LogP contribution is -2.01. The Bertz CT molecular complexity index is 547. The van der Waals surface area contributed by atoms with E-state index in [-0.39, 0.29) is 0 Å². The van der Waals surface area contributed by atoms with Gasteiger partial charge in [0.1, 0.15) is 5.82 Å². The SMILES string of the molecule is Cn1nc(-c2cncc(Br)c2)c2c1NCC2. The molecular weight excluding hydrogens is 268 g/mol. The van der Waals surface area contributed by atoms with Crippen molar-refractivity contribution in [2.75, 3.05) is 11.9 Å². The first-order valence-electron chi connectivity index (χ1n) is 5.16. The Morgan fingerprint density at radius 2 is 2.31 bits per heavy atom. The largest absolute Gasteiger partial charge is 0.370 e. The first-order valence-corrected chi connectivity index (χ1v) is 5.95. The third-order valence-electron chi connectivity index (χ3n) is 2.79. The summed E-state index contributed by atoms with van der Waals surface area (Å²) < 4.78 is 2.88. The van der Waals surface area contributed by atoms with Crippen LogP contribution in [0.15, 0.2) is 22.9 Å². The molecule has 2 aromatic heterocycles. The number of hydrogen-bond acceptors (Lipinski definition) is 3. The lowest BCUT2D eigenvalue weighted by atomic mass is 10.1. The summed E-state index contributed by atoms with van der Waals surface area (Å²) in [5, 5.41) is 7.88. The number of aryl methyl sites for hydroxylation is 1. The summed E-state index contributed by atoms with van der Waals surface area (Å²) in [6, 6.07) is 2.05. The fourth-order valence-electron chi connectivity index (χ4n) is 2.10. The van der Waals surface area contributed by atoms with E-state index in [9.17, 15) is 0 Å². The number of hydrogen-bond donors (Lipinski definition) is 1.